The normalized spacial score (nSPS) is 10.3. The van der Waals surface area contributed by atoms with Crippen molar-refractivity contribution < 1.29 is 9.53 Å². The van der Waals surface area contributed by atoms with Crippen LogP contribution >= 0.6 is 23.6 Å². The van der Waals surface area contributed by atoms with Gasteiger partial charge < -0.3 is 10.1 Å². The first-order chi connectivity index (χ1) is 12.6. The second-order valence-electron chi connectivity index (χ2n) is 5.77. The van der Waals surface area contributed by atoms with Crippen LogP contribution in [0.4, 0.5) is 0 Å². The molecule has 0 fully saturated rings. The largest absolute Gasteiger partial charge is 0.497 e. The summed E-state index contributed by atoms with van der Waals surface area (Å²) in [6.07, 6.45) is 3.02. The topological polar surface area (TPSA) is 62.4 Å². The number of aryl methyl sites for hydroxylation is 2. The van der Waals surface area contributed by atoms with Crippen molar-refractivity contribution in [3.8, 4) is 5.75 Å². The molecule has 0 spiro atoms. The third kappa shape index (κ3) is 5.71. The Balaban J connectivity index is 1.81. The van der Waals surface area contributed by atoms with Crippen LogP contribution in [0.25, 0.3) is 0 Å². The lowest BCUT2D eigenvalue weighted by molar-refractivity contribution is 0.0947. The zero-order chi connectivity index (χ0) is 18.9. The number of hydrogen-bond donors (Lipinski definition) is 3. The minimum atomic E-state index is -0.166. The minimum Gasteiger partial charge on any atom is -0.497 e. The predicted molar refractivity (Wildman–Crippen MR) is 111 cm³/mol. The first kappa shape index (κ1) is 20.2. The maximum Gasteiger partial charge on any atom is 0.279 e. The third-order valence-electron chi connectivity index (χ3n) is 3.88. The molecule has 2 aromatic rings. The highest BCUT2D eigenvalue weighted by Gasteiger charge is 2.13. The number of rotatable bonds is 7. The van der Waals surface area contributed by atoms with Crippen molar-refractivity contribution >= 4 is 34.6 Å². The molecule has 0 radical (unpaired) electrons. The molecule has 0 saturated carbocycles. The Hall–Kier alpha value is -2.12. The van der Waals surface area contributed by atoms with Crippen LogP contribution in [0.1, 0.15) is 45.9 Å². The number of nitrogens with one attached hydrogen (secondary N) is 3. The van der Waals surface area contributed by atoms with Gasteiger partial charge in [-0.05, 0) is 54.4 Å². The number of amides is 1. The lowest BCUT2D eigenvalue weighted by atomic mass is 10.1. The number of hydrazine groups is 1. The van der Waals surface area contributed by atoms with E-state index in [1.165, 1.54) is 10.4 Å². The molecule has 2 rings (SSSR count). The smallest absolute Gasteiger partial charge is 0.279 e. The highest BCUT2D eigenvalue weighted by molar-refractivity contribution is 7.80. The molecule has 1 heterocycles. The van der Waals surface area contributed by atoms with E-state index in [0.717, 1.165) is 30.6 Å². The molecular weight excluding hydrogens is 366 g/mol. The van der Waals surface area contributed by atoms with E-state index in [1.54, 1.807) is 18.4 Å². The fourth-order valence-corrected chi connectivity index (χ4v) is 3.84. The molecule has 0 aliphatic rings. The zero-order valence-electron chi connectivity index (χ0n) is 15.3. The molecule has 1 aromatic carbocycles. The number of carbonyl (C=O) groups is 1. The van der Waals surface area contributed by atoms with Gasteiger partial charge in [-0.1, -0.05) is 32.4 Å². The van der Waals surface area contributed by atoms with Crippen molar-refractivity contribution in [3.63, 3.8) is 0 Å². The van der Waals surface area contributed by atoms with E-state index in [4.69, 9.17) is 17.0 Å². The molecule has 0 aliphatic carbocycles. The summed E-state index contributed by atoms with van der Waals surface area (Å²) in [7, 11) is 1.64. The van der Waals surface area contributed by atoms with Gasteiger partial charge in [-0.3, -0.25) is 15.6 Å². The second kappa shape index (κ2) is 10.1. The number of hydrogen-bond acceptors (Lipinski definition) is 4. The van der Waals surface area contributed by atoms with Gasteiger partial charge in [0.2, 0.25) is 0 Å². The van der Waals surface area contributed by atoms with E-state index in [-0.39, 0.29) is 5.91 Å². The molecular formula is C19H25N3O2S2. The van der Waals surface area contributed by atoms with E-state index in [0.29, 0.717) is 16.5 Å². The SMILES string of the molecule is CCCc1sc(C(=O)NNC(=S)NCc2ccc(OC)cc2)cc1CC. The highest BCUT2D eigenvalue weighted by atomic mass is 32.1. The van der Waals surface area contributed by atoms with Gasteiger partial charge in [0.25, 0.3) is 5.91 Å². The number of methoxy groups -OCH3 is 1. The van der Waals surface area contributed by atoms with Gasteiger partial charge >= 0.3 is 0 Å². The number of thiocarbonyl (C=S) groups is 1. The van der Waals surface area contributed by atoms with Gasteiger partial charge in [-0.25, -0.2) is 0 Å². The summed E-state index contributed by atoms with van der Waals surface area (Å²) in [5, 5.41) is 3.43. The molecule has 1 aromatic heterocycles. The second-order valence-corrected chi connectivity index (χ2v) is 7.32. The van der Waals surface area contributed by atoms with Crippen LogP contribution in [0.3, 0.4) is 0 Å². The summed E-state index contributed by atoms with van der Waals surface area (Å²) in [5.74, 6) is 0.646. The van der Waals surface area contributed by atoms with E-state index >= 15 is 0 Å². The van der Waals surface area contributed by atoms with Crippen molar-refractivity contribution in [3.05, 3.63) is 51.2 Å². The Labute approximate surface area is 164 Å². The van der Waals surface area contributed by atoms with E-state index in [9.17, 15) is 4.79 Å². The molecule has 1 amide bonds. The van der Waals surface area contributed by atoms with Crippen LogP contribution in [0.5, 0.6) is 5.75 Å². The van der Waals surface area contributed by atoms with Crippen molar-refractivity contribution in [1.82, 2.24) is 16.2 Å². The average Bonchev–Trinajstić information content (AvgIpc) is 3.08. The molecule has 3 N–H and O–H groups in total. The van der Waals surface area contributed by atoms with Crippen molar-refractivity contribution in [2.75, 3.05) is 7.11 Å². The molecule has 0 aliphatic heterocycles. The Kier molecular flexibility index (Phi) is 7.87. The number of ether oxygens (including phenoxy) is 1. The van der Waals surface area contributed by atoms with E-state index < -0.39 is 0 Å². The quantitative estimate of drug-likeness (QED) is 0.497. The molecule has 140 valence electrons. The fourth-order valence-electron chi connectivity index (χ4n) is 2.46. The lowest BCUT2D eigenvalue weighted by Gasteiger charge is -2.11. The lowest BCUT2D eigenvalue weighted by Crippen LogP contribution is -2.46. The van der Waals surface area contributed by atoms with Gasteiger partial charge in [0.15, 0.2) is 5.11 Å². The van der Waals surface area contributed by atoms with Crippen molar-refractivity contribution in [2.24, 2.45) is 0 Å². The van der Waals surface area contributed by atoms with Crippen LogP contribution in [0, 0.1) is 0 Å². The molecule has 5 nitrogen and oxygen atoms in total. The van der Waals surface area contributed by atoms with Gasteiger partial charge in [0.05, 0.1) is 12.0 Å². The molecule has 0 atom stereocenters. The fraction of sp³-hybridized carbons (Fsp3) is 0.368. The summed E-state index contributed by atoms with van der Waals surface area (Å²) in [5.41, 5.74) is 7.73. The summed E-state index contributed by atoms with van der Waals surface area (Å²) in [6.45, 7) is 4.82. The Morgan fingerprint density at radius 3 is 2.54 bits per heavy atom. The number of benzene rings is 1. The van der Waals surface area contributed by atoms with E-state index in [2.05, 4.69) is 30.0 Å². The van der Waals surface area contributed by atoms with Gasteiger partial charge in [-0.2, -0.15) is 0 Å². The maximum atomic E-state index is 12.3. The zero-order valence-corrected chi connectivity index (χ0v) is 17.0. The standard InChI is InChI=1S/C19H25N3O2S2/c1-4-6-16-14(5-2)11-17(26-16)18(23)21-22-19(25)20-12-13-7-9-15(24-3)10-8-13/h7-11H,4-6,12H2,1-3H3,(H,21,23)(H2,20,22,25). The molecule has 26 heavy (non-hydrogen) atoms. The Bertz CT molecular complexity index is 742. The third-order valence-corrected chi connectivity index (χ3v) is 5.36. The highest BCUT2D eigenvalue weighted by Crippen LogP contribution is 2.24. The van der Waals surface area contributed by atoms with Gasteiger partial charge in [0, 0.05) is 11.4 Å². The van der Waals surface area contributed by atoms with Crippen LogP contribution < -0.4 is 20.9 Å². The minimum absolute atomic E-state index is 0.166. The van der Waals surface area contributed by atoms with Gasteiger partial charge in [0.1, 0.15) is 5.75 Å². The van der Waals surface area contributed by atoms with Gasteiger partial charge in [-0.15, -0.1) is 11.3 Å². The number of thiophene rings is 1. The first-order valence-electron chi connectivity index (χ1n) is 8.66. The maximum absolute atomic E-state index is 12.3. The summed E-state index contributed by atoms with van der Waals surface area (Å²) in [6, 6.07) is 9.68. The molecule has 7 heteroatoms. The number of carbonyl (C=O) groups excluding carboxylic acids is 1. The van der Waals surface area contributed by atoms with Crippen LogP contribution in [-0.2, 0) is 19.4 Å². The van der Waals surface area contributed by atoms with Crippen LogP contribution in [0.2, 0.25) is 0 Å². The molecule has 0 bridgehead atoms. The van der Waals surface area contributed by atoms with Crippen LogP contribution in [-0.4, -0.2) is 18.1 Å². The Morgan fingerprint density at radius 2 is 1.92 bits per heavy atom. The van der Waals surface area contributed by atoms with E-state index in [1.807, 2.05) is 30.3 Å². The summed E-state index contributed by atoms with van der Waals surface area (Å²) >= 11 is 6.76. The monoisotopic (exact) mass is 391 g/mol. The Morgan fingerprint density at radius 1 is 1.19 bits per heavy atom. The average molecular weight is 392 g/mol. The van der Waals surface area contributed by atoms with Crippen LogP contribution in [0.15, 0.2) is 30.3 Å². The summed E-state index contributed by atoms with van der Waals surface area (Å²) < 4.78 is 5.13. The van der Waals surface area contributed by atoms with Crippen molar-refractivity contribution in [1.29, 1.82) is 0 Å². The van der Waals surface area contributed by atoms with Crippen molar-refractivity contribution in [2.45, 2.75) is 39.7 Å². The molecule has 0 unspecified atom stereocenters. The predicted octanol–water partition coefficient (Wildman–Crippen LogP) is 3.58. The summed E-state index contributed by atoms with van der Waals surface area (Å²) in [4.78, 5) is 14.3. The first-order valence-corrected chi connectivity index (χ1v) is 9.88. The molecule has 0 saturated heterocycles.